The van der Waals surface area contributed by atoms with Gasteiger partial charge in [-0.15, -0.1) is 11.8 Å². The standard InChI is InChI=1S/C20H22N2O4S/c1-14(27-19-9-6-17(7-10-19)22(24)25)20(23)21-11-12-26-18-8-5-15-3-2-4-16(15)13-18/h5-10,13-14H,2-4,11-12H2,1H3,(H,21,23). The van der Waals surface area contributed by atoms with Crippen molar-refractivity contribution in [3.63, 3.8) is 0 Å². The Bertz CT molecular complexity index is 823. The molecular formula is C20H22N2O4S. The molecule has 0 saturated carbocycles. The summed E-state index contributed by atoms with van der Waals surface area (Å²) in [5, 5.41) is 13.2. The summed E-state index contributed by atoms with van der Waals surface area (Å²) >= 11 is 1.36. The summed E-state index contributed by atoms with van der Waals surface area (Å²) in [4.78, 5) is 23.2. The molecule has 1 amide bonds. The number of benzene rings is 2. The van der Waals surface area contributed by atoms with Crippen molar-refractivity contribution in [3.8, 4) is 5.75 Å². The number of fused-ring (bicyclic) bond motifs is 1. The zero-order chi connectivity index (χ0) is 19.2. The van der Waals surface area contributed by atoms with Gasteiger partial charge in [0.25, 0.3) is 5.69 Å². The Balaban J connectivity index is 1.40. The van der Waals surface area contributed by atoms with Gasteiger partial charge in [0, 0.05) is 17.0 Å². The van der Waals surface area contributed by atoms with Crippen molar-refractivity contribution in [1.82, 2.24) is 5.32 Å². The Labute approximate surface area is 162 Å². The molecule has 0 bridgehead atoms. The SMILES string of the molecule is CC(Sc1ccc([N+](=O)[O-])cc1)C(=O)NCCOc1ccc2c(c1)CCC2. The first-order chi connectivity index (χ1) is 13.0. The van der Waals surface area contributed by atoms with Crippen LogP contribution < -0.4 is 10.1 Å². The van der Waals surface area contributed by atoms with E-state index in [2.05, 4.69) is 17.4 Å². The Kier molecular flexibility index (Phi) is 6.34. The Hall–Kier alpha value is -2.54. The van der Waals surface area contributed by atoms with Gasteiger partial charge < -0.3 is 10.1 Å². The van der Waals surface area contributed by atoms with E-state index >= 15 is 0 Å². The minimum Gasteiger partial charge on any atom is -0.492 e. The molecule has 7 heteroatoms. The Morgan fingerprint density at radius 3 is 2.70 bits per heavy atom. The molecule has 1 unspecified atom stereocenters. The topological polar surface area (TPSA) is 81.5 Å². The van der Waals surface area contributed by atoms with Crippen LogP contribution in [0.1, 0.15) is 24.5 Å². The van der Waals surface area contributed by atoms with Gasteiger partial charge in [-0.05, 0) is 61.6 Å². The highest BCUT2D eigenvalue weighted by atomic mass is 32.2. The fraction of sp³-hybridized carbons (Fsp3) is 0.350. The summed E-state index contributed by atoms with van der Waals surface area (Å²) in [6, 6.07) is 12.4. The number of nitrogens with one attached hydrogen (secondary N) is 1. The molecule has 2 aromatic carbocycles. The van der Waals surface area contributed by atoms with Crippen LogP contribution in [0, 0.1) is 10.1 Å². The Morgan fingerprint density at radius 2 is 1.96 bits per heavy atom. The lowest BCUT2D eigenvalue weighted by molar-refractivity contribution is -0.384. The van der Waals surface area contributed by atoms with Gasteiger partial charge in [0.1, 0.15) is 12.4 Å². The van der Waals surface area contributed by atoms with Crippen molar-refractivity contribution >= 4 is 23.4 Å². The first kappa shape index (κ1) is 19.2. The number of amides is 1. The van der Waals surface area contributed by atoms with Crippen molar-refractivity contribution in [3.05, 3.63) is 63.7 Å². The van der Waals surface area contributed by atoms with Crippen molar-refractivity contribution in [1.29, 1.82) is 0 Å². The molecule has 0 saturated heterocycles. The molecule has 0 fully saturated rings. The number of hydrogen-bond acceptors (Lipinski definition) is 5. The van der Waals surface area contributed by atoms with Gasteiger partial charge in [0.05, 0.1) is 16.7 Å². The normalized spacial score (nSPS) is 13.7. The molecule has 1 atom stereocenters. The van der Waals surface area contributed by atoms with Crippen molar-refractivity contribution in [2.45, 2.75) is 36.3 Å². The second-order valence-corrected chi connectivity index (χ2v) is 7.85. The number of nitrogens with zero attached hydrogens (tertiary/aromatic N) is 1. The van der Waals surface area contributed by atoms with Gasteiger partial charge >= 0.3 is 0 Å². The zero-order valence-corrected chi connectivity index (χ0v) is 16.0. The molecule has 0 heterocycles. The molecule has 27 heavy (non-hydrogen) atoms. The molecular weight excluding hydrogens is 364 g/mol. The maximum atomic E-state index is 12.2. The second-order valence-electron chi connectivity index (χ2n) is 6.43. The zero-order valence-electron chi connectivity index (χ0n) is 15.1. The molecule has 1 aliphatic carbocycles. The molecule has 0 spiro atoms. The fourth-order valence-corrected chi connectivity index (χ4v) is 3.92. The number of aryl methyl sites for hydroxylation is 2. The number of non-ortho nitro benzene ring substituents is 1. The molecule has 1 aliphatic rings. The first-order valence-corrected chi connectivity index (χ1v) is 9.84. The molecule has 0 radical (unpaired) electrons. The van der Waals surface area contributed by atoms with Crippen LogP contribution in [0.25, 0.3) is 0 Å². The number of ether oxygens (including phenoxy) is 1. The lowest BCUT2D eigenvalue weighted by Crippen LogP contribution is -2.33. The predicted molar refractivity (Wildman–Crippen MR) is 105 cm³/mol. The van der Waals surface area contributed by atoms with E-state index in [0.717, 1.165) is 23.5 Å². The largest absolute Gasteiger partial charge is 0.492 e. The maximum absolute atomic E-state index is 12.2. The van der Waals surface area contributed by atoms with Gasteiger partial charge in [-0.2, -0.15) is 0 Å². The van der Waals surface area contributed by atoms with E-state index in [-0.39, 0.29) is 16.8 Å². The predicted octanol–water partition coefficient (Wildman–Crippen LogP) is 3.76. The fourth-order valence-electron chi connectivity index (χ4n) is 3.03. The lowest BCUT2D eigenvalue weighted by atomic mass is 10.1. The third kappa shape index (κ3) is 5.23. The summed E-state index contributed by atoms with van der Waals surface area (Å²) in [5.41, 5.74) is 2.82. The summed E-state index contributed by atoms with van der Waals surface area (Å²) in [6.07, 6.45) is 3.47. The third-order valence-electron chi connectivity index (χ3n) is 4.47. The molecule has 2 aromatic rings. The molecule has 0 aliphatic heterocycles. The van der Waals surface area contributed by atoms with Gasteiger partial charge in [0.15, 0.2) is 0 Å². The summed E-state index contributed by atoms with van der Waals surface area (Å²) in [5.74, 6) is 0.758. The summed E-state index contributed by atoms with van der Waals surface area (Å²) in [6.45, 7) is 2.66. The molecule has 1 N–H and O–H groups in total. The summed E-state index contributed by atoms with van der Waals surface area (Å²) in [7, 11) is 0. The number of carbonyl (C=O) groups is 1. The molecule has 142 valence electrons. The van der Waals surface area contributed by atoms with E-state index in [4.69, 9.17) is 4.74 Å². The van der Waals surface area contributed by atoms with Gasteiger partial charge in [-0.25, -0.2) is 0 Å². The molecule has 0 aromatic heterocycles. The van der Waals surface area contributed by atoms with Crippen LogP contribution in [0.3, 0.4) is 0 Å². The van der Waals surface area contributed by atoms with E-state index in [1.165, 1.54) is 41.4 Å². The summed E-state index contributed by atoms with van der Waals surface area (Å²) < 4.78 is 5.73. The number of thioether (sulfide) groups is 1. The monoisotopic (exact) mass is 386 g/mol. The smallest absolute Gasteiger partial charge is 0.269 e. The third-order valence-corrected chi connectivity index (χ3v) is 5.58. The van der Waals surface area contributed by atoms with Crippen LogP contribution >= 0.6 is 11.8 Å². The lowest BCUT2D eigenvalue weighted by Gasteiger charge is -2.13. The highest BCUT2D eigenvalue weighted by molar-refractivity contribution is 8.00. The van der Waals surface area contributed by atoms with Crippen LogP contribution in [0.4, 0.5) is 5.69 Å². The second kappa shape index (κ2) is 8.90. The van der Waals surface area contributed by atoms with Crippen LogP contribution in [-0.2, 0) is 17.6 Å². The van der Waals surface area contributed by atoms with E-state index in [9.17, 15) is 14.9 Å². The average molecular weight is 386 g/mol. The van der Waals surface area contributed by atoms with Crippen LogP contribution in [0.5, 0.6) is 5.75 Å². The van der Waals surface area contributed by atoms with Crippen LogP contribution in [0.15, 0.2) is 47.4 Å². The van der Waals surface area contributed by atoms with Crippen LogP contribution in [-0.4, -0.2) is 29.2 Å². The minimum absolute atomic E-state index is 0.0418. The van der Waals surface area contributed by atoms with E-state index in [1.54, 1.807) is 12.1 Å². The van der Waals surface area contributed by atoms with Crippen molar-refractivity contribution in [2.75, 3.05) is 13.2 Å². The Morgan fingerprint density at radius 1 is 1.22 bits per heavy atom. The number of nitro groups is 1. The van der Waals surface area contributed by atoms with E-state index < -0.39 is 4.92 Å². The number of carbonyl (C=O) groups excluding carboxylic acids is 1. The van der Waals surface area contributed by atoms with Crippen molar-refractivity contribution < 1.29 is 14.5 Å². The number of hydrogen-bond donors (Lipinski definition) is 1. The average Bonchev–Trinajstić information content (AvgIpc) is 3.13. The van der Waals surface area contributed by atoms with E-state index in [0.29, 0.717) is 13.2 Å². The number of nitro benzene ring substituents is 1. The van der Waals surface area contributed by atoms with E-state index in [1.807, 2.05) is 13.0 Å². The number of rotatable bonds is 8. The quantitative estimate of drug-likeness (QED) is 0.323. The first-order valence-electron chi connectivity index (χ1n) is 8.96. The van der Waals surface area contributed by atoms with Gasteiger partial charge in [0.2, 0.25) is 5.91 Å². The van der Waals surface area contributed by atoms with Gasteiger partial charge in [-0.1, -0.05) is 6.07 Å². The highest BCUT2D eigenvalue weighted by Gasteiger charge is 2.15. The highest BCUT2D eigenvalue weighted by Crippen LogP contribution is 2.26. The molecule has 6 nitrogen and oxygen atoms in total. The van der Waals surface area contributed by atoms with Crippen LogP contribution in [0.2, 0.25) is 0 Å². The molecule has 3 rings (SSSR count). The minimum atomic E-state index is -0.439. The maximum Gasteiger partial charge on any atom is 0.269 e. The van der Waals surface area contributed by atoms with Crippen molar-refractivity contribution in [2.24, 2.45) is 0 Å². The van der Waals surface area contributed by atoms with Gasteiger partial charge in [-0.3, -0.25) is 14.9 Å².